The van der Waals surface area contributed by atoms with Crippen LogP contribution < -0.4 is 5.32 Å². The van der Waals surface area contributed by atoms with Crippen molar-refractivity contribution < 1.29 is 5.11 Å². The van der Waals surface area contributed by atoms with E-state index in [-0.39, 0.29) is 18.1 Å². The van der Waals surface area contributed by atoms with Gasteiger partial charge in [0.1, 0.15) is 0 Å². The molecule has 0 aliphatic rings. The van der Waals surface area contributed by atoms with Gasteiger partial charge in [-0.2, -0.15) is 0 Å². The first-order chi connectivity index (χ1) is 10.4. The molecule has 3 nitrogen and oxygen atoms in total. The fourth-order valence-corrected chi connectivity index (χ4v) is 3.15. The number of thiazole rings is 1. The molecule has 1 aromatic carbocycles. The minimum atomic E-state index is -0.0360. The first-order valence-electron chi connectivity index (χ1n) is 7.82. The molecule has 0 aliphatic carbocycles. The molecule has 0 aliphatic heterocycles. The van der Waals surface area contributed by atoms with E-state index < -0.39 is 0 Å². The van der Waals surface area contributed by atoms with Crippen molar-refractivity contribution in [3.8, 4) is 0 Å². The number of rotatable bonds is 6. The molecule has 0 radical (unpaired) electrons. The van der Waals surface area contributed by atoms with Gasteiger partial charge in [0, 0.05) is 23.0 Å². The molecule has 120 valence electrons. The largest absolute Gasteiger partial charge is 0.394 e. The Morgan fingerprint density at radius 2 is 1.91 bits per heavy atom. The number of aliphatic hydroxyl groups is 1. The number of aromatic nitrogens is 1. The fraction of sp³-hybridized carbons (Fsp3) is 0.500. The van der Waals surface area contributed by atoms with Crippen molar-refractivity contribution in [2.75, 3.05) is 6.61 Å². The van der Waals surface area contributed by atoms with E-state index in [1.54, 1.807) is 11.3 Å². The van der Waals surface area contributed by atoms with Gasteiger partial charge in [-0.25, -0.2) is 4.98 Å². The van der Waals surface area contributed by atoms with E-state index in [4.69, 9.17) is 0 Å². The van der Waals surface area contributed by atoms with Crippen LogP contribution in [0.5, 0.6) is 0 Å². The summed E-state index contributed by atoms with van der Waals surface area (Å²) in [5, 5.41) is 14.2. The van der Waals surface area contributed by atoms with E-state index in [9.17, 15) is 5.11 Å². The second-order valence-electron chi connectivity index (χ2n) is 6.59. The van der Waals surface area contributed by atoms with E-state index in [0.717, 1.165) is 23.5 Å². The number of hydrogen-bond acceptors (Lipinski definition) is 4. The van der Waals surface area contributed by atoms with Crippen molar-refractivity contribution in [1.82, 2.24) is 10.3 Å². The summed E-state index contributed by atoms with van der Waals surface area (Å²) in [5.41, 5.74) is 2.54. The van der Waals surface area contributed by atoms with Gasteiger partial charge in [-0.15, -0.1) is 11.3 Å². The summed E-state index contributed by atoms with van der Waals surface area (Å²) in [7, 11) is 0. The van der Waals surface area contributed by atoms with Crippen LogP contribution in [0.3, 0.4) is 0 Å². The Hall–Kier alpha value is -1.23. The number of nitrogens with zero attached hydrogens (tertiary/aromatic N) is 1. The highest BCUT2D eigenvalue weighted by Gasteiger charge is 2.18. The summed E-state index contributed by atoms with van der Waals surface area (Å²) < 4.78 is 0. The highest BCUT2D eigenvalue weighted by atomic mass is 32.1. The third-order valence-electron chi connectivity index (χ3n) is 3.69. The predicted molar refractivity (Wildman–Crippen MR) is 93.3 cm³/mol. The number of aliphatic hydroxyl groups excluding tert-OH is 1. The smallest absolute Gasteiger partial charge is 0.0981 e. The second-order valence-corrected chi connectivity index (χ2v) is 7.71. The maximum atomic E-state index is 9.64. The first-order valence-corrected chi connectivity index (χ1v) is 8.64. The van der Waals surface area contributed by atoms with Crippen LogP contribution in [0.4, 0.5) is 0 Å². The zero-order valence-electron chi connectivity index (χ0n) is 13.9. The van der Waals surface area contributed by atoms with E-state index in [1.807, 2.05) is 6.20 Å². The van der Waals surface area contributed by atoms with Gasteiger partial charge >= 0.3 is 0 Å². The Balaban J connectivity index is 2.00. The van der Waals surface area contributed by atoms with Gasteiger partial charge in [-0.05, 0) is 17.5 Å². The minimum absolute atomic E-state index is 0.0360. The van der Waals surface area contributed by atoms with Crippen LogP contribution in [0, 0.1) is 0 Å². The SMILES string of the molecule is CCc1ccc(C(CO)NCc2cnc(C(C)(C)C)s2)cc1. The summed E-state index contributed by atoms with van der Waals surface area (Å²) >= 11 is 1.74. The van der Waals surface area contributed by atoms with Crippen LogP contribution in [0.2, 0.25) is 0 Å². The molecule has 0 fully saturated rings. The molecule has 1 aromatic heterocycles. The Labute approximate surface area is 137 Å². The van der Waals surface area contributed by atoms with Crippen LogP contribution in [0.1, 0.15) is 54.7 Å². The third kappa shape index (κ3) is 4.38. The fourth-order valence-electron chi connectivity index (χ4n) is 2.23. The van der Waals surface area contributed by atoms with Gasteiger partial charge < -0.3 is 10.4 Å². The monoisotopic (exact) mass is 318 g/mol. The molecule has 4 heteroatoms. The van der Waals surface area contributed by atoms with E-state index in [1.165, 1.54) is 10.4 Å². The predicted octanol–water partition coefficient (Wildman–Crippen LogP) is 3.83. The molecule has 1 heterocycles. The van der Waals surface area contributed by atoms with Gasteiger partial charge in [0.05, 0.1) is 17.7 Å². The molecule has 0 spiro atoms. The van der Waals surface area contributed by atoms with E-state index in [2.05, 4.69) is 62.3 Å². The summed E-state index contributed by atoms with van der Waals surface area (Å²) in [6.45, 7) is 9.50. The Morgan fingerprint density at radius 1 is 1.23 bits per heavy atom. The molecule has 1 unspecified atom stereocenters. The molecule has 1 atom stereocenters. The number of nitrogens with one attached hydrogen (secondary N) is 1. The molecular formula is C18H26N2OS. The van der Waals surface area contributed by atoms with Crippen LogP contribution in [0.25, 0.3) is 0 Å². The molecule has 0 amide bonds. The van der Waals surface area contributed by atoms with Crippen molar-refractivity contribution in [2.24, 2.45) is 0 Å². The highest BCUT2D eigenvalue weighted by molar-refractivity contribution is 7.11. The zero-order chi connectivity index (χ0) is 16.2. The average Bonchev–Trinajstić information content (AvgIpc) is 2.97. The van der Waals surface area contributed by atoms with Crippen molar-refractivity contribution in [3.63, 3.8) is 0 Å². The highest BCUT2D eigenvalue weighted by Crippen LogP contribution is 2.27. The summed E-state index contributed by atoms with van der Waals surface area (Å²) in [5.74, 6) is 0. The normalized spacial score (nSPS) is 13.3. The van der Waals surface area contributed by atoms with Gasteiger partial charge in [0.2, 0.25) is 0 Å². The molecular weight excluding hydrogens is 292 g/mol. The summed E-state index contributed by atoms with van der Waals surface area (Å²) in [6, 6.07) is 8.42. The zero-order valence-corrected chi connectivity index (χ0v) is 14.7. The Morgan fingerprint density at radius 3 is 2.41 bits per heavy atom. The van der Waals surface area contributed by atoms with Crippen LogP contribution >= 0.6 is 11.3 Å². The summed E-state index contributed by atoms with van der Waals surface area (Å²) in [6.07, 6.45) is 2.97. The molecule has 2 rings (SSSR count). The Bertz CT molecular complexity index is 584. The number of aryl methyl sites for hydroxylation is 1. The van der Waals surface area contributed by atoms with E-state index in [0.29, 0.717) is 0 Å². The first kappa shape index (κ1) is 17.1. The van der Waals surface area contributed by atoms with Crippen LogP contribution in [-0.2, 0) is 18.4 Å². The number of benzene rings is 1. The molecule has 2 aromatic rings. The number of hydrogen-bond donors (Lipinski definition) is 2. The minimum Gasteiger partial charge on any atom is -0.394 e. The topological polar surface area (TPSA) is 45.1 Å². The molecule has 0 saturated heterocycles. The average molecular weight is 318 g/mol. The molecule has 2 N–H and O–H groups in total. The standard InChI is InChI=1S/C18H26N2OS/c1-5-13-6-8-14(9-7-13)16(12-21)19-10-15-11-20-17(22-15)18(2,3)4/h6-9,11,16,19,21H,5,10,12H2,1-4H3. The molecule has 0 saturated carbocycles. The molecule has 22 heavy (non-hydrogen) atoms. The van der Waals surface area contributed by atoms with Gasteiger partial charge in [0.15, 0.2) is 0 Å². The molecule has 0 bridgehead atoms. The van der Waals surface area contributed by atoms with Crippen molar-refractivity contribution in [1.29, 1.82) is 0 Å². The second kappa shape index (κ2) is 7.36. The van der Waals surface area contributed by atoms with Gasteiger partial charge in [-0.1, -0.05) is 52.0 Å². The van der Waals surface area contributed by atoms with Crippen molar-refractivity contribution in [3.05, 3.63) is 51.5 Å². The maximum Gasteiger partial charge on any atom is 0.0981 e. The van der Waals surface area contributed by atoms with Gasteiger partial charge in [0.25, 0.3) is 0 Å². The van der Waals surface area contributed by atoms with Gasteiger partial charge in [-0.3, -0.25) is 0 Å². The maximum absolute atomic E-state index is 9.64. The summed E-state index contributed by atoms with van der Waals surface area (Å²) in [4.78, 5) is 5.71. The van der Waals surface area contributed by atoms with Crippen molar-refractivity contribution in [2.45, 2.75) is 52.1 Å². The lowest BCUT2D eigenvalue weighted by atomic mass is 9.98. The Kier molecular flexibility index (Phi) is 5.73. The van der Waals surface area contributed by atoms with E-state index >= 15 is 0 Å². The lowest BCUT2D eigenvalue weighted by molar-refractivity contribution is 0.244. The quantitative estimate of drug-likeness (QED) is 0.851. The van der Waals surface area contributed by atoms with Crippen LogP contribution in [0.15, 0.2) is 30.5 Å². The van der Waals surface area contributed by atoms with Crippen molar-refractivity contribution >= 4 is 11.3 Å². The lowest BCUT2D eigenvalue weighted by Crippen LogP contribution is -2.23. The third-order valence-corrected chi connectivity index (χ3v) is 5.11. The van der Waals surface area contributed by atoms with Crippen LogP contribution in [-0.4, -0.2) is 16.7 Å². The lowest BCUT2D eigenvalue weighted by Gasteiger charge is -2.17.